The Kier molecular flexibility index (Phi) is 5.52. The molecule has 0 aliphatic heterocycles. The van der Waals surface area contributed by atoms with Crippen LogP contribution in [-0.2, 0) is 25.1 Å². The van der Waals surface area contributed by atoms with Crippen LogP contribution in [0.5, 0.6) is 0 Å². The van der Waals surface area contributed by atoms with Gasteiger partial charge in [-0.15, -0.1) is 0 Å². The molecule has 6 heteroatoms. The van der Waals surface area contributed by atoms with E-state index in [1.54, 1.807) is 6.92 Å². The number of hydrogen-bond donors (Lipinski definition) is 0. The van der Waals surface area contributed by atoms with Gasteiger partial charge in [-0.2, -0.15) is 0 Å². The van der Waals surface area contributed by atoms with Crippen LogP contribution in [0.3, 0.4) is 0 Å². The lowest BCUT2D eigenvalue weighted by Gasteiger charge is -2.15. The molecule has 12 heavy (non-hydrogen) atoms. The zero-order chi connectivity index (χ0) is 9.56. The number of carbonyl (C=O) groups is 1. The molecule has 0 fully saturated rings. The van der Waals surface area contributed by atoms with Crippen molar-refractivity contribution in [1.29, 1.82) is 0 Å². The van der Waals surface area contributed by atoms with Crippen LogP contribution < -0.4 is 0 Å². The molecular formula is C6H9O5S-. The third-order valence-corrected chi connectivity index (χ3v) is 1.31. The van der Waals surface area contributed by atoms with E-state index in [1.807, 2.05) is 0 Å². The van der Waals surface area contributed by atoms with Gasteiger partial charge in [-0.25, -0.2) is 9.00 Å². The van der Waals surface area contributed by atoms with Crippen molar-refractivity contribution in [3.05, 3.63) is 12.7 Å². The second kappa shape index (κ2) is 5.87. The van der Waals surface area contributed by atoms with Gasteiger partial charge in [0.05, 0.1) is 11.4 Å². The van der Waals surface area contributed by atoms with E-state index in [9.17, 15) is 13.6 Å². The monoisotopic (exact) mass is 193 g/mol. The van der Waals surface area contributed by atoms with E-state index < -0.39 is 23.6 Å². The lowest BCUT2D eigenvalue weighted by Crippen LogP contribution is -2.20. The van der Waals surface area contributed by atoms with Gasteiger partial charge in [0.15, 0.2) is 0 Å². The average molecular weight is 193 g/mol. The first-order valence-electron chi connectivity index (χ1n) is 3.19. The van der Waals surface area contributed by atoms with Crippen molar-refractivity contribution in [3.63, 3.8) is 0 Å². The standard InChI is InChI=1S/C6H10O5S/c1-3-5(7)10-6(4-2)11-12(8)9/h3,6H,1,4H2,2H3,(H,8,9)/p-1. The van der Waals surface area contributed by atoms with E-state index in [4.69, 9.17) is 0 Å². The summed E-state index contributed by atoms with van der Waals surface area (Å²) in [7, 11) is 0. The molecule has 0 heterocycles. The van der Waals surface area contributed by atoms with Gasteiger partial charge in [0, 0.05) is 12.5 Å². The third-order valence-electron chi connectivity index (χ3n) is 0.933. The Morgan fingerprint density at radius 2 is 2.42 bits per heavy atom. The molecular weight excluding hydrogens is 184 g/mol. The minimum atomic E-state index is -2.68. The van der Waals surface area contributed by atoms with Gasteiger partial charge < -0.3 is 9.29 Å². The summed E-state index contributed by atoms with van der Waals surface area (Å²) >= 11 is -2.68. The molecule has 70 valence electrons. The summed E-state index contributed by atoms with van der Waals surface area (Å²) in [6.45, 7) is 4.76. The first kappa shape index (κ1) is 11.3. The fourth-order valence-electron chi connectivity index (χ4n) is 0.436. The smallest absolute Gasteiger partial charge is 0.332 e. The van der Waals surface area contributed by atoms with Crippen LogP contribution in [0.4, 0.5) is 0 Å². The molecule has 0 bridgehead atoms. The van der Waals surface area contributed by atoms with Crippen molar-refractivity contribution in [3.8, 4) is 0 Å². The topological polar surface area (TPSA) is 75.7 Å². The highest BCUT2D eigenvalue weighted by Crippen LogP contribution is 2.02. The van der Waals surface area contributed by atoms with Gasteiger partial charge in [-0.05, 0) is 0 Å². The number of esters is 1. The number of carbonyl (C=O) groups excluding carboxylic acids is 1. The van der Waals surface area contributed by atoms with Crippen molar-refractivity contribution in [2.75, 3.05) is 0 Å². The molecule has 0 saturated carbocycles. The minimum absolute atomic E-state index is 0.258. The summed E-state index contributed by atoms with van der Waals surface area (Å²) in [6.07, 6.45) is 0.127. The van der Waals surface area contributed by atoms with E-state index in [0.717, 1.165) is 6.08 Å². The predicted octanol–water partition coefficient (Wildman–Crippen LogP) is 0.262. The average Bonchev–Trinajstić information content (AvgIpc) is 2.02. The van der Waals surface area contributed by atoms with Crippen molar-refractivity contribution < 1.29 is 22.5 Å². The van der Waals surface area contributed by atoms with Gasteiger partial charge in [0.2, 0.25) is 6.29 Å². The Hall–Kier alpha value is -0.720. The van der Waals surface area contributed by atoms with Crippen LogP contribution in [0.25, 0.3) is 0 Å². The first-order valence-corrected chi connectivity index (χ1v) is 4.19. The molecule has 0 aromatic heterocycles. The predicted molar refractivity (Wildman–Crippen MR) is 40.4 cm³/mol. The summed E-state index contributed by atoms with van der Waals surface area (Å²) in [6, 6.07) is 0. The van der Waals surface area contributed by atoms with Crippen LogP contribution in [0.1, 0.15) is 13.3 Å². The van der Waals surface area contributed by atoms with Crippen LogP contribution in [0, 0.1) is 0 Å². The Balaban J connectivity index is 3.90. The molecule has 0 rings (SSSR count). The highest BCUT2D eigenvalue weighted by atomic mass is 32.2. The highest BCUT2D eigenvalue weighted by Gasteiger charge is 2.10. The molecule has 5 nitrogen and oxygen atoms in total. The number of rotatable bonds is 5. The van der Waals surface area contributed by atoms with Crippen molar-refractivity contribution in [1.82, 2.24) is 0 Å². The van der Waals surface area contributed by atoms with E-state index >= 15 is 0 Å². The fourth-order valence-corrected chi connectivity index (χ4v) is 0.787. The van der Waals surface area contributed by atoms with E-state index in [2.05, 4.69) is 15.5 Å². The van der Waals surface area contributed by atoms with Crippen LogP contribution in [0.2, 0.25) is 0 Å². The minimum Gasteiger partial charge on any atom is -0.750 e. The van der Waals surface area contributed by atoms with Crippen molar-refractivity contribution in [2.24, 2.45) is 0 Å². The van der Waals surface area contributed by atoms with Crippen LogP contribution >= 0.6 is 0 Å². The Bertz CT molecular complexity index is 190. The maximum absolute atomic E-state index is 10.5. The van der Waals surface area contributed by atoms with Gasteiger partial charge in [0.25, 0.3) is 0 Å². The van der Waals surface area contributed by atoms with E-state index in [1.165, 1.54) is 0 Å². The molecule has 0 amide bonds. The quantitative estimate of drug-likeness (QED) is 0.271. The van der Waals surface area contributed by atoms with Gasteiger partial charge in [-0.1, -0.05) is 13.5 Å². The van der Waals surface area contributed by atoms with Crippen LogP contribution in [0.15, 0.2) is 12.7 Å². The lowest BCUT2D eigenvalue weighted by atomic mass is 10.5. The number of ether oxygens (including phenoxy) is 1. The summed E-state index contributed by atoms with van der Waals surface area (Å²) in [5.41, 5.74) is 0. The third kappa shape index (κ3) is 5.00. The van der Waals surface area contributed by atoms with Crippen molar-refractivity contribution >= 4 is 17.3 Å². The summed E-state index contributed by atoms with van der Waals surface area (Å²) in [5, 5.41) is 0. The molecule has 0 aromatic rings. The van der Waals surface area contributed by atoms with Gasteiger partial charge in [0.1, 0.15) is 0 Å². The molecule has 0 aromatic carbocycles. The number of hydrogen-bond acceptors (Lipinski definition) is 5. The van der Waals surface area contributed by atoms with Crippen LogP contribution in [-0.4, -0.2) is 21.0 Å². The Morgan fingerprint density at radius 3 is 2.75 bits per heavy atom. The maximum Gasteiger partial charge on any atom is 0.332 e. The summed E-state index contributed by atoms with van der Waals surface area (Å²) in [4.78, 5) is 10.5. The van der Waals surface area contributed by atoms with Gasteiger partial charge >= 0.3 is 5.97 Å². The maximum atomic E-state index is 10.5. The lowest BCUT2D eigenvalue weighted by molar-refractivity contribution is -0.157. The SMILES string of the molecule is C=CC(=O)OC(CC)OS(=O)[O-]. The van der Waals surface area contributed by atoms with E-state index in [-0.39, 0.29) is 6.42 Å². The zero-order valence-electron chi connectivity index (χ0n) is 6.52. The van der Waals surface area contributed by atoms with Gasteiger partial charge in [-0.3, -0.25) is 4.18 Å². The van der Waals surface area contributed by atoms with Crippen molar-refractivity contribution in [2.45, 2.75) is 19.6 Å². The zero-order valence-corrected chi connectivity index (χ0v) is 7.33. The molecule has 0 radical (unpaired) electrons. The highest BCUT2D eigenvalue weighted by molar-refractivity contribution is 7.74. The molecule has 0 aliphatic rings. The first-order chi connectivity index (χ1) is 5.60. The molecule has 0 spiro atoms. The molecule has 2 atom stereocenters. The second-order valence-corrected chi connectivity index (χ2v) is 2.38. The molecule has 0 saturated heterocycles. The molecule has 2 unspecified atom stereocenters. The molecule has 0 N–H and O–H groups in total. The summed E-state index contributed by atoms with van der Waals surface area (Å²) < 4.78 is 28.7. The summed E-state index contributed by atoms with van der Waals surface area (Å²) in [5.74, 6) is -0.715. The molecule has 0 aliphatic carbocycles. The largest absolute Gasteiger partial charge is 0.750 e. The second-order valence-electron chi connectivity index (χ2n) is 1.78. The fraction of sp³-hybridized carbons (Fsp3) is 0.500. The normalized spacial score (nSPS) is 14.8. The Morgan fingerprint density at radius 1 is 1.83 bits per heavy atom. The van der Waals surface area contributed by atoms with E-state index in [0.29, 0.717) is 0 Å². The Labute approximate surface area is 72.8 Å².